The molecule has 1 aromatic carbocycles. The molecular weight excluding hydrogens is 232 g/mol. The second-order valence-electron chi connectivity index (χ2n) is 4.79. The summed E-state index contributed by atoms with van der Waals surface area (Å²) >= 11 is 0. The molecule has 0 heterocycles. The SMILES string of the molecule is O=C(OC1CC1)c1cccc(C(=O)OC2CC2)c1. The molecule has 0 N–H and O–H groups in total. The molecule has 0 bridgehead atoms. The standard InChI is InChI=1S/C14H14O4/c15-13(17-11-4-5-11)9-2-1-3-10(8-9)14(16)18-12-6-7-12/h1-3,8,11-12H,4-7H2. The number of ether oxygens (including phenoxy) is 2. The number of hydrogen-bond donors (Lipinski definition) is 0. The van der Waals surface area contributed by atoms with Crippen LogP contribution in [0.25, 0.3) is 0 Å². The lowest BCUT2D eigenvalue weighted by molar-refractivity contribution is 0.0471. The fourth-order valence-corrected chi connectivity index (χ4v) is 1.58. The average molecular weight is 246 g/mol. The highest BCUT2D eigenvalue weighted by Crippen LogP contribution is 2.26. The Morgan fingerprint density at radius 2 is 1.33 bits per heavy atom. The third-order valence-electron chi connectivity index (χ3n) is 2.93. The van der Waals surface area contributed by atoms with Crippen molar-refractivity contribution in [2.45, 2.75) is 37.9 Å². The molecule has 3 rings (SSSR count). The van der Waals surface area contributed by atoms with Gasteiger partial charge in [0.05, 0.1) is 11.1 Å². The number of esters is 2. The Balaban J connectivity index is 1.70. The minimum absolute atomic E-state index is 0.0690. The van der Waals surface area contributed by atoms with Gasteiger partial charge in [-0.15, -0.1) is 0 Å². The molecule has 94 valence electrons. The van der Waals surface area contributed by atoms with Crippen LogP contribution in [0.3, 0.4) is 0 Å². The van der Waals surface area contributed by atoms with Gasteiger partial charge in [0, 0.05) is 0 Å². The molecule has 0 spiro atoms. The molecule has 1 aromatic rings. The molecule has 0 atom stereocenters. The summed E-state index contributed by atoms with van der Waals surface area (Å²) < 4.78 is 10.4. The van der Waals surface area contributed by atoms with Gasteiger partial charge < -0.3 is 9.47 Å². The summed E-state index contributed by atoms with van der Waals surface area (Å²) in [6, 6.07) is 6.51. The van der Waals surface area contributed by atoms with Crippen LogP contribution in [-0.4, -0.2) is 24.1 Å². The smallest absolute Gasteiger partial charge is 0.338 e. The van der Waals surface area contributed by atoms with Crippen LogP contribution < -0.4 is 0 Å². The van der Waals surface area contributed by atoms with E-state index in [1.54, 1.807) is 18.2 Å². The number of benzene rings is 1. The van der Waals surface area contributed by atoms with Gasteiger partial charge in [-0.1, -0.05) is 6.07 Å². The van der Waals surface area contributed by atoms with E-state index in [1.165, 1.54) is 6.07 Å². The molecule has 2 aliphatic rings. The summed E-state index contributed by atoms with van der Waals surface area (Å²) in [5.74, 6) is -0.725. The zero-order chi connectivity index (χ0) is 12.5. The molecule has 0 radical (unpaired) electrons. The highest BCUT2D eigenvalue weighted by Gasteiger charge is 2.28. The predicted octanol–water partition coefficient (Wildman–Crippen LogP) is 2.33. The van der Waals surface area contributed by atoms with E-state index >= 15 is 0 Å². The summed E-state index contributed by atoms with van der Waals surface area (Å²) in [6.07, 6.45) is 3.90. The fourth-order valence-electron chi connectivity index (χ4n) is 1.58. The van der Waals surface area contributed by atoms with Crippen LogP contribution in [0.15, 0.2) is 24.3 Å². The van der Waals surface area contributed by atoms with E-state index in [9.17, 15) is 9.59 Å². The first kappa shape index (κ1) is 11.3. The molecule has 0 saturated heterocycles. The first-order valence-corrected chi connectivity index (χ1v) is 6.24. The normalized spacial score (nSPS) is 18.2. The topological polar surface area (TPSA) is 52.6 Å². The van der Waals surface area contributed by atoms with Crippen molar-refractivity contribution in [1.82, 2.24) is 0 Å². The Morgan fingerprint density at radius 1 is 0.889 bits per heavy atom. The van der Waals surface area contributed by atoms with Gasteiger partial charge in [-0.3, -0.25) is 0 Å². The first-order valence-electron chi connectivity index (χ1n) is 6.24. The molecule has 0 aromatic heterocycles. The van der Waals surface area contributed by atoms with Gasteiger partial charge >= 0.3 is 11.9 Å². The molecular formula is C14H14O4. The largest absolute Gasteiger partial charge is 0.459 e. The second-order valence-corrected chi connectivity index (χ2v) is 4.79. The number of rotatable bonds is 4. The highest BCUT2D eigenvalue weighted by atomic mass is 16.6. The fraction of sp³-hybridized carbons (Fsp3) is 0.429. The Kier molecular flexibility index (Phi) is 2.78. The summed E-state index contributed by atoms with van der Waals surface area (Å²) in [7, 11) is 0. The summed E-state index contributed by atoms with van der Waals surface area (Å²) in [4.78, 5) is 23.5. The zero-order valence-corrected chi connectivity index (χ0v) is 9.93. The molecule has 4 heteroatoms. The Labute approximate surface area is 105 Å². The van der Waals surface area contributed by atoms with E-state index in [0.29, 0.717) is 11.1 Å². The molecule has 4 nitrogen and oxygen atoms in total. The monoisotopic (exact) mass is 246 g/mol. The van der Waals surface area contributed by atoms with Gasteiger partial charge in [-0.05, 0) is 43.9 Å². The van der Waals surface area contributed by atoms with Crippen LogP contribution in [0.1, 0.15) is 46.4 Å². The van der Waals surface area contributed by atoms with Crippen molar-refractivity contribution in [2.75, 3.05) is 0 Å². The molecule has 0 unspecified atom stereocenters. The predicted molar refractivity (Wildman–Crippen MR) is 63.3 cm³/mol. The van der Waals surface area contributed by atoms with Crippen LogP contribution in [0.5, 0.6) is 0 Å². The van der Waals surface area contributed by atoms with Crippen molar-refractivity contribution in [3.8, 4) is 0 Å². The van der Waals surface area contributed by atoms with Gasteiger partial charge in [0.1, 0.15) is 12.2 Å². The maximum absolute atomic E-state index is 11.7. The summed E-state index contributed by atoms with van der Waals surface area (Å²) in [5.41, 5.74) is 0.819. The van der Waals surface area contributed by atoms with Crippen LogP contribution in [0, 0.1) is 0 Å². The quantitative estimate of drug-likeness (QED) is 0.765. The van der Waals surface area contributed by atoms with Crippen molar-refractivity contribution in [3.63, 3.8) is 0 Å². The van der Waals surface area contributed by atoms with E-state index in [2.05, 4.69) is 0 Å². The van der Waals surface area contributed by atoms with Crippen molar-refractivity contribution < 1.29 is 19.1 Å². The van der Waals surface area contributed by atoms with Gasteiger partial charge in [-0.25, -0.2) is 9.59 Å². The van der Waals surface area contributed by atoms with Crippen molar-refractivity contribution >= 4 is 11.9 Å². The lowest BCUT2D eigenvalue weighted by Crippen LogP contribution is -2.10. The van der Waals surface area contributed by atoms with E-state index < -0.39 is 0 Å². The van der Waals surface area contributed by atoms with Crippen LogP contribution in [0.4, 0.5) is 0 Å². The Morgan fingerprint density at radius 3 is 1.72 bits per heavy atom. The van der Waals surface area contributed by atoms with Gasteiger partial charge in [0.15, 0.2) is 0 Å². The lowest BCUT2D eigenvalue weighted by Gasteiger charge is -2.05. The third-order valence-corrected chi connectivity index (χ3v) is 2.93. The van der Waals surface area contributed by atoms with E-state index in [4.69, 9.17) is 9.47 Å². The van der Waals surface area contributed by atoms with E-state index in [-0.39, 0.29) is 24.1 Å². The number of carbonyl (C=O) groups is 2. The van der Waals surface area contributed by atoms with Crippen LogP contribution >= 0.6 is 0 Å². The van der Waals surface area contributed by atoms with Gasteiger partial charge in [-0.2, -0.15) is 0 Å². The minimum Gasteiger partial charge on any atom is -0.459 e. The zero-order valence-electron chi connectivity index (χ0n) is 9.93. The third kappa shape index (κ3) is 2.70. The lowest BCUT2D eigenvalue weighted by atomic mass is 10.1. The maximum atomic E-state index is 11.7. The number of hydrogen-bond acceptors (Lipinski definition) is 4. The molecule has 18 heavy (non-hydrogen) atoms. The summed E-state index contributed by atoms with van der Waals surface area (Å²) in [6.45, 7) is 0. The van der Waals surface area contributed by atoms with Crippen molar-refractivity contribution in [1.29, 1.82) is 0 Å². The maximum Gasteiger partial charge on any atom is 0.338 e. The van der Waals surface area contributed by atoms with Crippen molar-refractivity contribution in [2.24, 2.45) is 0 Å². The number of carbonyl (C=O) groups excluding carboxylic acids is 2. The minimum atomic E-state index is -0.362. The molecule has 0 aliphatic heterocycles. The second kappa shape index (κ2) is 4.44. The van der Waals surface area contributed by atoms with Crippen LogP contribution in [0.2, 0.25) is 0 Å². The van der Waals surface area contributed by atoms with Crippen LogP contribution in [-0.2, 0) is 9.47 Å². The van der Waals surface area contributed by atoms with E-state index in [0.717, 1.165) is 25.7 Å². The van der Waals surface area contributed by atoms with Gasteiger partial charge in [0.25, 0.3) is 0 Å². The molecule has 0 amide bonds. The first-order chi connectivity index (χ1) is 8.72. The Bertz CT molecular complexity index is 445. The highest BCUT2D eigenvalue weighted by molar-refractivity contribution is 5.95. The Hall–Kier alpha value is -1.84. The van der Waals surface area contributed by atoms with E-state index in [1.807, 2.05) is 0 Å². The molecule has 2 fully saturated rings. The molecule has 2 saturated carbocycles. The van der Waals surface area contributed by atoms with Crippen molar-refractivity contribution in [3.05, 3.63) is 35.4 Å². The molecule has 2 aliphatic carbocycles. The average Bonchev–Trinajstić information content (AvgIpc) is 3.25. The summed E-state index contributed by atoms with van der Waals surface area (Å²) in [5, 5.41) is 0. The van der Waals surface area contributed by atoms with Gasteiger partial charge in [0.2, 0.25) is 0 Å².